The highest BCUT2D eigenvalue weighted by Crippen LogP contribution is 2.31. The number of anilines is 1. The Morgan fingerprint density at radius 1 is 1.21 bits per heavy atom. The van der Waals surface area contributed by atoms with Crippen molar-refractivity contribution >= 4 is 34.9 Å². The van der Waals surface area contributed by atoms with Crippen molar-refractivity contribution in [2.24, 2.45) is 0 Å². The van der Waals surface area contributed by atoms with Gasteiger partial charge < -0.3 is 25.0 Å². The van der Waals surface area contributed by atoms with E-state index in [4.69, 9.17) is 21.7 Å². The molecule has 28 heavy (non-hydrogen) atoms. The molecular formula is C20H27N3O4S. The van der Waals surface area contributed by atoms with Crippen LogP contribution in [0.1, 0.15) is 38.8 Å². The molecule has 152 valence electrons. The lowest BCUT2D eigenvalue weighted by atomic mass is 9.95. The van der Waals surface area contributed by atoms with Gasteiger partial charge in [-0.05, 0) is 43.8 Å². The molecule has 1 aliphatic heterocycles. The first-order valence-electron chi connectivity index (χ1n) is 9.27. The summed E-state index contributed by atoms with van der Waals surface area (Å²) in [6, 6.07) is 6.92. The summed E-state index contributed by atoms with van der Waals surface area (Å²) >= 11 is 5.48. The van der Waals surface area contributed by atoms with Gasteiger partial charge in [-0.2, -0.15) is 0 Å². The summed E-state index contributed by atoms with van der Waals surface area (Å²) in [7, 11) is 1.56. The fourth-order valence-corrected chi connectivity index (χ4v) is 3.36. The maximum Gasteiger partial charge on any atom is 0.338 e. The minimum Gasteiger partial charge on any atom is -0.460 e. The Balaban J connectivity index is 2.33. The van der Waals surface area contributed by atoms with Crippen molar-refractivity contribution in [3.63, 3.8) is 0 Å². The van der Waals surface area contributed by atoms with Gasteiger partial charge in [-0.1, -0.05) is 19.1 Å². The number of carbonyl (C=O) groups excluding carboxylic acids is 2. The zero-order valence-corrected chi connectivity index (χ0v) is 17.5. The second-order valence-electron chi connectivity index (χ2n) is 6.28. The van der Waals surface area contributed by atoms with Crippen LogP contribution in [0.5, 0.6) is 0 Å². The molecule has 0 saturated heterocycles. The van der Waals surface area contributed by atoms with Crippen molar-refractivity contribution in [3.05, 3.63) is 41.1 Å². The van der Waals surface area contributed by atoms with Gasteiger partial charge in [-0.15, -0.1) is 0 Å². The summed E-state index contributed by atoms with van der Waals surface area (Å²) in [6.45, 7) is 6.78. The van der Waals surface area contributed by atoms with Crippen LogP contribution in [0.15, 0.2) is 35.5 Å². The number of carbonyl (C=O) groups is 2. The van der Waals surface area contributed by atoms with E-state index in [0.717, 1.165) is 11.3 Å². The molecule has 1 aromatic carbocycles. The standard InChI is InChI=1S/C20H27N3O4S/c1-5-16(24)21-15-9-7-14(8-10-15)18-17(19(25)27-12-11-26-4)13(3)23(6-2)20(28)22-18/h7-10,18H,5-6,11-12H2,1-4H3,(H,21,24)(H,22,28)/t18-/m0/s1. The lowest BCUT2D eigenvalue weighted by Gasteiger charge is -2.37. The number of hydrogen-bond acceptors (Lipinski definition) is 5. The topological polar surface area (TPSA) is 79.9 Å². The normalized spacial score (nSPS) is 16.6. The predicted octanol–water partition coefficient (Wildman–Crippen LogP) is 2.75. The van der Waals surface area contributed by atoms with E-state index in [2.05, 4.69) is 10.6 Å². The van der Waals surface area contributed by atoms with Gasteiger partial charge in [0, 0.05) is 31.5 Å². The number of ether oxygens (including phenoxy) is 2. The van der Waals surface area contributed by atoms with Gasteiger partial charge in [-0.3, -0.25) is 4.79 Å². The molecular weight excluding hydrogens is 378 g/mol. The molecule has 0 radical (unpaired) electrons. The van der Waals surface area contributed by atoms with Crippen LogP contribution in [-0.2, 0) is 19.1 Å². The van der Waals surface area contributed by atoms with Gasteiger partial charge in [0.1, 0.15) is 6.61 Å². The number of nitrogens with one attached hydrogen (secondary N) is 2. The van der Waals surface area contributed by atoms with Crippen LogP contribution in [0, 0.1) is 0 Å². The number of nitrogens with zero attached hydrogens (tertiary/aromatic N) is 1. The second kappa shape index (κ2) is 10.2. The number of hydrogen-bond donors (Lipinski definition) is 2. The maximum atomic E-state index is 12.8. The Labute approximate surface area is 171 Å². The highest BCUT2D eigenvalue weighted by molar-refractivity contribution is 7.80. The molecule has 0 fully saturated rings. The zero-order chi connectivity index (χ0) is 20.7. The summed E-state index contributed by atoms with van der Waals surface area (Å²) < 4.78 is 10.3. The van der Waals surface area contributed by atoms with Gasteiger partial charge in [0.15, 0.2) is 5.11 Å². The second-order valence-corrected chi connectivity index (χ2v) is 6.67. The van der Waals surface area contributed by atoms with E-state index in [1.165, 1.54) is 0 Å². The third-order valence-electron chi connectivity index (χ3n) is 4.50. The number of thiocarbonyl (C=S) groups is 1. The van der Waals surface area contributed by atoms with Crippen LogP contribution in [0.3, 0.4) is 0 Å². The number of allylic oxidation sites excluding steroid dienone is 1. The molecule has 0 bridgehead atoms. The van der Waals surface area contributed by atoms with Crippen molar-refractivity contribution in [2.75, 3.05) is 32.2 Å². The van der Waals surface area contributed by atoms with E-state index in [-0.39, 0.29) is 12.5 Å². The largest absolute Gasteiger partial charge is 0.460 e. The summed E-state index contributed by atoms with van der Waals surface area (Å²) in [5.74, 6) is -0.460. The molecule has 0 saturated carbocycles. The molecule has 0 aromatic heterocycles. The molecule has 1 amide bonds. The summed E-state index contributed by atoms with van der Waals surface area (Å²) in [4.78, 5) is 26.2. The Hall–Kier alpha value is -2.45. The van der Waals surface area contributed by atoms with E-state index in [1.54, 1.807) is 14.0 Å². The first kappa shape index (κ1) is 21.8. The maximum absolute atomic E-state index is 12.8. The molecule has 1 atom stereocenters. The number of benzene rings is 1. The highest BCUT2D eigenvalue weighted by Gasteiger charge is 2.34. The van der Waals surface area contributed by atoms with E-state index < -0.39 is 12.0 Å². The molecule has 0 spiro atoms. The smallest absolute Gasteiger partial charge is 0.338 e. The zero-order valence-electron chi connectivity index (χ0n) is 16.7. The third kappa shape index (κ3) is 5.08. The lowest BCUT2D eigenvalue weighted by Crippen LogP contribution is -2.47. The van der Waals surface area contributed by atoms with Crippen molar-refractivity contribution < 1.29 is 19.1 Å². The molecule has 2 N–H and O–H groups in total. The van der Waals surface area contributed by atoms with E-state index in [9.17, 15) is 9.59 Å². The monoisotopic (exact) mass is 405 g/mol. The van der Waals surface area contributed by atoms with Gasteiger partial charge in [-0.25, -0.2) is 4.79 Å². The molecule has 8 heteroatoms. The summed E-state index contributed by atoms with van der Waals surface area (Å²) in [5, 5.41) is 6.61. The van der Waals surface area contributed by atoms with E-state index in [0.29, 0.717) is 35.9 Å². The fourth-order valence-electron chi connectivity index (χ4n) is 2.98. The summed E-state index contributed by atoms with van der Waals surface area (Å²) in [6.07, 6.45) is 0.409. The van der Waals surface area contributed by atoms with Crippen LogP contribution in [0.25, 0.3) is 0 Å². The van der Waals surface area contributed by atoms with Crippen molar-refractivity contribution in [2.45, 2.75) is 33.2 Å². The number of rotatable bonds is 8. The average molecular weight is 406 g/mol. The van der Waals surface area contributed by atoms with Gasteiger partial charge >= 0.3 is 5.97 Å². The Morgan fingerprint density at radius 2 is 1.89 bits per heavy atom. The van der Waals surface area contributed by atoms with Gasteiger partial charge in [0.25, 0.3) is 0 Å². The SMILES string of the molecule is CCC(=O)Nc1ccc([C@@H]2NC(=S)N(CC)C(C)=C2C(=O)OCCOC)cc1. The molecule has 0 aliphatic carbocycles. The van der Waals surface area contributed by atoms with Gasteiger partial charge in [0.2, 0.25) is 5.91 Å². The average Bonchev–Trinajstić information content (AvgIpc) is 2.68. The van der Waals surface area contributed by atoms with Crippen molar-refractivity contribution in [3.8, 4) is 0 Å². The first-order valence-corrected chi connectivity index (χ1v) is 9.68. The number of amides is 1. The Morgan fingerprint density at radius 3 is 2.46 bits per heavy atom. The minimum absolute atomic E-state index is 0.0542. The molecule has 1 aliphatic rings. The number of esters is 1. The van der Waals surface area contributed by atoms with Crippen molar-refractivity contribution in [1.82, 2.24) is 10.2 Å². The lowest BCUT2D eigenvalue weighted by molar-refractivity contribution is -0.140. The molecule has 1 aromatic rings. The molecule has 2 rings (SSSR count). The molecule has 0 unspecified atom stereocenters. The number of methoxy groups -OCH3 is 1. The van der Waals surface area contributed by atoms with E-state index >= 15 is 0 Å². The third-order valence-corrected chi connectivity index (χ3v) is 4.84. The highest BCUT2D eigenvalue weighted by atomic mass is 32.1. The Bertz CT molecular complexity index is 761. The summed E-state index contributed by atoms with van der Waals surface area (Å²) in [5.41, 5.74) is 2.83. The van der Waals surface area contributed by atoms with Crippen LogP contribution in [0.2, 0.25) is 0 Å². The van der Waals surface area contributed by atoms with Gasteiger partial charge in [0.05, 0.1) is 18.2 Å². The van der Waals surface area contributed by atoms with Crippen LogP contribution in [-0.4, -0.2) is 48.8 Å². The predicted molar refractivity (Wildman–Crippen MR) is 112 cm³/mol. The first-order chi connectivity index (χ1) is 13.4. The molecule has 1 heterocycles. The Kier molecular flexibility index (Phi) is 7.95. The van der Waals surface area contributed by atoms with E-state index in [1.807, 2.05) is 43.0 Å². The van der Waals surface area contributed by atoms with Crippen LogP contribution < -0.4 is 10.6 Å². The van der Waals surface area contributed by atoms with Crippen LogP contribution >= 0.6 is 12.2 Å². The quantitative estimate of drug-likeness (QED) is 0.391. The molecule has 7 nitrogen and oxygen atoms in total. The van der Waals surface area contributed by atoms with Crippen LogP contribution in [0.4, 0.5) is 5.69 Å². The minimum atomic E-state index is -0.429. The fraction of sp³-hybridized carbons (Fsp3) is 0.450. The van der Waals surface area contributed by atoms with Crippen molar-refractivity contribution in [1.29, 1.82) is 0 Å².